The Hall–Kier alpha value is -1.32. The van der Waals surface area contributed by atoms with Crippen molar-refractivity contribution >= 4 is 11.9 Å². The van der Waals surface area contributed by atoms with Crippen molar-refractivity contribution in [2.24, 2.45) is 5.92 Å². The fourth-order valence-electron chi connectivity index (χ4n) is 2.80. The second-order valence-electron chi connectivity index (χ2n) is 7.21. The van der Waals surface area contributed by atoms with Crippen molar-refractivity contribution in [3.63, 3.8) is 0 Å². The Morgan fingerprint density at radius 1 is 0.731 bits per heavy atom. The Morgan fingerprint density at radius 2 is 1.23 bits per heavy atom. The van der Waals surface area contributed by atoms with Crippen molar-refractivity contribution in [3.8, 4) is 0 Å². The average Bonchev–Trinajstić information content (AvgIpc) is 2.63. The van der Waals surface area contributed by atoms with Crippen molar-refractivity contribution in [1.29, 1.82) is 0 Å². The van der Waals surface area contributed by atoms with Crippen LogP contribution in [0.25, 0.3) is 0 Å². The topological polar surface area (TPSA) is 52.6 Å². The van der Waals surface area contributed by atoms with E-state index in [4.69, 9.17) is 9.47 Å². The molecular weight excluding hydrogens is 328 g/mol. The summed E-state index contributed by atoms with van der Waals surface area (Å²) in [5.41, 5.74) is 0. The van der Waals surface area contributed by atoms with E-state index in [2.05, 4.69) is 13.8 Å². The lowest BCUT2D eigenvalue weighted by Crippen LogP contribution is -2.10. The number of ether oxygens (including phenoxy) is 2. The van der Waals surface area contributed by atoms with Gasteiger partial charge in [0.15, 0.2) is 0 Å². The molecule has 1 atom stereocenters. The number of hydrogen-bond donors (Lipinski definition) is 0. The van der Waals surface area contributed by atoms with E-state index in [-0.39, 0.29) is 0 Å². The third-order valence-electron chi connectivity index (χ3n) is 4.39. The van der Waals surface area contributed by atoms with E-state index in [9.17, 15) is 9.59 Å². The van der Waals surface area contributed by atoms with Crippen molar-refractivity contribution in [2.45, 2.75) is 97.8 Å². The Morgan fingerprint density at radius 3 is 1.77 bits per heavy atom. The molecule has 0 amide bonds. The molecule has 0 radical (unpaired) electrons. The molecule has 0 aromatic rings. The van der Waals surface area contributed by atoms with Gasteiger partial charge in [0, 0.05) is 12.2 Å². The molecule has 0 bridgehead atoms. The minimum atomic E-state index is -0.483. The van der Waals surface area contributed by atoms with Crippen LogP contribution in [0.15, 0.2) is 12.2 Å². The van der Waals surface area contributed by atoms with Gasteiger partial charge in [0.05, 0.1) is 13.2 Å². The first kappa shape index (κ1) is 24.7. The molecule has 0 saturated heterocycles. The van der Waals surface area contributed by atoms with Gasteiger partial charge in [0.1, 0.15) is 0 Å². The molecule has 0 aliphatic heterocycles. The minimum Gasteiger partial charge on any atom is -0.463 e. The van der Waals surface area contributed by atoms with Gasteiger partial charge in [-0.15, -0.1) is 0 Å². The molecule has 4 nitrogen and oxygen atoms in total. The first-order valence-corrected chi connectivity index (χ1v) is 10.6. The lowest BCUT2D eigenvalue weighted by Gasteiger charge is -2.09. The highest BCUT2D eigenvalue weighted by atomic mass is 16.5. The molecule has 0 saturated carbocycles. The van der Waals surface area contributed by atoms with Crippen LogP contribution < -0.4 is 0 Å². The molecule has 0 aromatic carbocycles. The van der Waals surface area contributed by atoms with Gasteiger partial charge in [-0.1, -0.05) is 85.0 Å². The number of esters is 2. The Balaban J connectivity index is 3.49. The quantitative estimate of drug-likeness (QED) is 0.180. The van der Waals surface area contributed by atoms with Gasteiger partial charge >= 0.3 is 11.9 Å². The van der Waals surface area contributed by atoms with E-state index in [0.717, 1.165) is 37.8 Å². The van der Waals surface area contributed by atoms with E-state index in [1.54, 1.807) is 0 Å². The lowest BCUT2D eigenvalue weighted by molar-refractivity contribution is -0.141. The largest absolute Gasteiger partial charge is 0.463 e. The second-order valence-corrected chi connectivity index (χ2v) is 7.21. The molecule has 0 aliphatic carbocycles. The van der Waals surface area contributed by atoms with E-state index >= 15 is 0 Å². The van der Waals surface area contributed by atoms with E-state index in [1.165, 1.54) is 51.4 Å². The number of unbranched alkanes of at least 4 members (excludes halogenated alkanes) is 9. The zero-order valence-electron chi connectivity index (χ0n) is 17.3. The lowest BCUT2D eigenvalue weighted by atomic mass is 10.1. The Bertz CT molecular complexity index is 376. The van der Waals surface area contributed by atoms with Gasteiger partial charge in [-0.25, -0.2) is 9.59 Å². The van der Waals surface area contributed by atoms with Crippen LogP contribution in [-0.4, -0.2) is 25.2 Å². The molecule has 26 heavy (non-hydrogen) atoms. The van der Waals surface area contributed by atoms with Crippen molar-refractivity contribution in [2.75, 3.05) is 13.2 Å². The molecule has 1 unspecified atom stereocenters. The molecule has 0 aliphatic rings. The summed E-state index contributed by atoms with van der Waals surface area (Å²) in [5.74, 6) is -0.607. The summed E-state index contributed by atoms with van der Waals surface area (Å²) in [4.78, 5) is 23.0. The highest BCUT2D eigenvalue weighted by Gasteiger charge is 2.05. The average molecular weight is 369 g/mol. The number of rotatable bonds is 17. The molecule has 4 heteroatoms. The normalized spacial score (nSPS) is 12.3. The fraction of sp³-hybridized carbons (Fsp3) is 0.818. The number of hydrogen-bond acceptors (Lipinski definition) is 4. The summed E-state index contributed by atoms with van der Waals surface area (Å²) in [6, 6.07) is 0. The summed E-state index contributed by atoms with van der Waals surface area (Å²) in [6.45, 7) is 7.19. The van der Waals surface area contributed by atoms with Crippen LogP contribution in [0.2, 0.25) is 0 Å². The number of carbonyl (C=O) groups excluding carboxylic acids is 2. The molecular formula is C22H40O4. The van der Waals surface area contributed by atoms with E-state index in [0.29, 0.717) is 19.1 Å². The van der Waals surface area contributed by atoms with Gasteiger partial charge in [-0.3, -0.25) is 0 Å². The third kappa shape index (κ3) is 17.5. The van der Waals surface area contributed by atoms with Gasteiger partial charge in [-0.05, 0) is 18.8 Å². The maximum absolute atomic E-state index is 11.5. The molecule has 0 spiro atoms. The summed E-state index contributed by atoms with van der Waals surface area (Å²) in [7, 11) is 0. The van der Waals surface area contributed by atoms with Crippen LogP contribution in [0.4, 0.5) is 0 Å². The van der Waals surface area contributed by atoms with Crippen molar-refractivity contribution in [1.82, 2.24) is 0 Å². The first-order chi connectivity index (χ1) is 12.6. The number of carbonyl (C=O) groups is 2. The Kier molecular flexibility index (Phi) is 17.5. The monoisotopic (exact) mass is 368 g/mol. The summed E-state index contributed by atoms with van der Waals surface area (Å²) >= 11 is 0. The predicted molar refractivity (Wildman–Crippen MR) is 107 cm³/mol. The van der Waals surface area contributed by atoms with Crippen LogP contribution in [-0.2, 0) is 19.1 Å². The van der Waals surface area contributed by atoms with Crippen LogP contribution >= 0.6 is 0 Å². The minimum absolute atomic E-state index is 0.348. The fourth-order valence-corrected chi connectivity index (χ4v) is 2.80. The van der Waals surface area contributed by atoms with Crippen LogP contribution in [0.1, 0.15) is 97.8 Å². The predicted octanol–water partition coefficient (Wildman–Crippen LogP) is 5.99. The zero-order valence-corrected chi connectivity index (χ0v) is 17.3. The summed E-state index contributed by atoms with van der Waals surface area (Å²) < 4.78 is 10.2. The smallest absolute Gasteiger partial charge is 0.331 e. The van der Waals surface area contributed by atoms with Crippen LogP contribution in [0, 0.1) is 5.92 Å². The summed E-state index contributed by atoms with van der Waals surface area (Å²) in [6.07, 6.45) is 16.9. The molecule has 0 aromatic heterocycles. The molecule has 0 N–H and O–H groups in total. The van der Waals surface area contributed by atoms with Gasteiger partial charge in [0.25, 0.3) is 0 Å². The summed E-state index contributed by atoms with van der Waals surface area (Å²) in [5, 5.41) is 0. The Labute approximate surface area is 160 Å². The molecule has 0 rings (SSSR count). The van der Waals surface area contributed by atoms with E-state index < -0.39 is 11.9 Å². The van der Waals surface area contributed by atoms with Crippen LogP contribution in [0.3, 0.4) is 0 Å². The SMILES string of the molecule is CCCCCCCCCCCCOC(=O)/C=C/C(=O)OCC(C)CCC. The van der Waals surface area contributed by atoms with Gasteiger partial charge in [-0.2, -0.15) is 0 Å². The maximum Gasteiger partial charge on any atom is 0.331 e. The first-order valence-electron chi connectivity index (χ1n) is 10.6. The highest BCUT2D eigenvalue weighted by molar-refractivity contribution is 5.91. The molecule has 152 valence electrons. The molecule has 0 fully saturated rings. The highest BCUT2D eigenvalue weighted by Crippen LogP contribution is 2.10. The maximum atomic E-state index is 11.5. The van der Waals surface area contributed by atoms with Gasteiger partial charge in [0.2, 0.25) is 0 Å². The van der Waals surface area contributed by atoms with Gasteiger partial charge < -0.3 is 9.47 Å². The molecule has 0 heterocycles. The van der Waals surface area contributed by atoms with Crippen LogP contribution in [0.5, 0.6) is 0 Å². The third-order valence-corrected chi connectivity index (χ3v) is 4.39. The second kappa shape index (κ2) is 18.5. The van der Waals surface area contributed by atoms with Crippen molar-refractivity contribution in [3.05, 3.63) is 12.2 Å². The zero-order chi connectivity index (χ0) is 19.5. The standard InChI is InChI=1S/C22H40O4/c1-4-6-7-8-9-10-11-12-13-14-18-25-21(23)16-17-22(24)26-19-20(3)15-5-2/h16-17,20H,4-15,18-19H2,1-3H3/b17-16+. The van der Waals surface area contributed by atoms with E-state index in [1.807, 2.05) is 6.92 Å². The van der Waals surface area contributed by atoms with Crippen molar-refractivity contribution < 1.29 is 19.1 Å².